The fraction of sp³-hybridized carbons (Fsp3) is 0.0833. The summed E-state index contributed by atoms with van der Waals surface area (Å²) in [5.74, 6) is 0.127. The van der Waals surface area contributed by atoms with Crippen LogP contribution in [-0.2, 0) is 6.18 Å². The summed E-state index contributed by atoms with van der Waals surface area (Å²) in [5, 5.41) is 3.17. The Bertz CT molecular complexity index is 876. The highest BCUT2D eigenvalue weighted by molar-refractivity contribution is 6.40. The van der Waals surface area contributed by atoms with Crippen molar-refractivity contribution in [3.05, 3.63) is 45.4 Å². The van der Waals surface area contributed by atoms with Crippen LogP contribution >= 0.6 is 34.8 Å². The molecular weight excluding hydrogens is 364 g/mol. The molecule has 0 saturated carbocycles. The van der Waals surface area contributed by atoms with Crippen LogP contribution in [0.5, 0.6) is 0 Å². The van der Waals surface area contributed by atoms with Gasteiger partial charge in [-0.2, -0.15) is 32.8 Å². The molecule has 2 aromatic heterocycles. The molecule has 1 aromatic carbocycles. The van der Waals surface area contributed by atoms with Gasteiger partial charge in [0.15, 0.2) is 0 Å². The second-order valence-corrected chi connectivity index (χ2v) is 5.30. The molecular formula is C12H4Cl3F3N4. The number of hydrogen-bond acceptors (Lipinski definition) is 3. The van der Waals surface area contributed by atoms with Gasteiger partial charge in [-0.05, 0) is 6.07 Å². The van der Waals surface area contributed by atoms with Gasteiger partial charge >= 0.3 is 6.18 Å². The van der Waals surface area contributed by atoms with E-state index in [1.165, 1.54) is 18.5 Å². The number of benzene rings is 1. The molecule has 0 amide bonds. The summed E-state index contributed by atoms with van der Waals surface area (Å²) in [6.45, 7) is 0. The largest absolute Gasteiger partial charge is 0.417 e. The zero-order valence-electron chi connectivity index (χ0n) is 10.4. The molecule has 0 bridgehead atoms. The van der Waals surface area contributed by atoms with E-state index in [1.54, 1.807) is 0 Å². The quantitative estimate of drug-likeness (QED) is 0.582. The van der Waals surface area contributed by atoms with E-state index in [2.05, 4.69) is 15.1 Å². The molecule has 0 unspecified atom stereocenters. The van der Waals surface area contributed by atoms with E-state index in [4.69, 9.17) is 34.8 Å². The SMILES string of the molecule is FC(F)(F)c1cccc(-c2c(Cl)nc3ncnn3c2Cl)c1Cl. The number of nitrogens with zero attached hydrogens (tertiary/aromatic N) is 4. The van der Waals surface area contributed by atoms with Crippen molar-refractivity contribution in [2.75, 3.05) is 0 Å². The summed E-state index contributed by atoms with van der Waals surface area (Å²) in [6.07, 6.45) is -3.40. The lowest BCUT2D eigenvalue weighted by atomic mass is 10.1. The lowest BCUT2D eigenvalue weighted by Crippen LogP contribution is -2.07. The summed E-state index contributed by atoms with van der Waals surface area (Å²) in [5.41, 5.74) is -0.925. The molecule has 10 heteroatoms. The predicted octanol–water partition coefficient (Wildman–Crippen LogP) is 4.77. The molecule has 0 radical (unpaired) electrons. The van der Waals surface area contributed by atoms with Gasteiger partial charge in [-0.25, -0.2) is 0 Å². The van der Waals surface area contributed by atoms with Crippen molar-refractivity contribution >= 4 is 40.6 Å². The Balaban J connectivity index is 2.33. The maximum absolute atomic E-state index is 13.0. The van der Waals surface area contributed by atoms with E-state index < -0.39 is 16.8 Å². The van der Waals surface area contributed by atoms with Gasteiger partial charge in [0.2, 0.25) is 0 Å². The molecule has 3 rings (SSSR count). The van der Waals surface area contributed by atoms with Gasteiger partial charge in [-0.3, -0.25) is 0 Å². The Morgan fingerprint density at radius 2 is 1.82 bits per heavy atom. The monoisotopic (exact) mass is 366 g/mol. The zero-order valence-corrected chi connectivity index (χ0v) is 12.6. The third kappa shape index (κ3) is 2.39. The number of fused-ring (bicyclic) bond motifs is 1. The molecule has 0 fully saturated rings. The summed E-state index contributed by atoms with van der Waals surface area (Å²) < 4.78 is 40.0. The molecule has 0 aliphatic rings. The Morgan fingerprint density at radius 1 is 1.09 bits per heavy atom. The third-order valence-corrected chi connectivity index (χ3v) is 3.93. The number of aromatic nitrogens is 4. The van der Waals surface area contributed by atoms with Crippen molar-refractivity contribution in [1.29, 1.82) is 0 Å². The first kappa shape index (κ1) is 15.3. The Hall–Kier alpha value is -1.57. The van der Waals surface area contributed by atoms with Crippen molar-refractivity contribution in [1.82, 2.24) is 19.6 Å². The van der Waals surface area contributed by atoms with Gasteiger partial charge in [0.05, 0.1) is 16.1 Å². The molecule has 3 aromatic rings. The second-order valence-electron chi connectivity index (χ2n) is 4.21. The molecule has 114 valence electrons. The van der Waals surface area contributed by atoms with E-state index in [1.807, 2.05) is 0 Å². The normalized spacial score (nSPS) is 12.1. The van der Waals surface area contributed by atoms with Crippen LogP contribution < -0.4 is 0 Å². The molecule has 0 N–H and O–H groups in total. The fourth-order valence-electron chi connectivity index (χ4n) is 1.95. The standard InChI is InChI=1S/C12H4Cl3F3N4/c13-8-5(2-1-3-6(8)12(16,17)18)7-9(14)21-11-19-4-20-22(11)10(7)15/h1-4H. The average Bonchev–Trinajstić information content (AvgIpc) is 2.87. The van der Waals surface area contributed by atoms with Crippen molar-refractivity contribution in [3.63, 3.8) is 0 Å². The van der Waals surface area contributed by atoms with Crippen LogP contribution in [0.4, 0.5) is 13.2 Å². The van der Waals surface area contributed by atoms with Crippen LogP contribution in [0.1, 0.15) is 5.56 Å². The Kier molecular flexibility index (Phi) is 3.66. The molecule has 4 nitrogen and oxygen atoms in total. The van der Waals surface area contributed by atoms with E-state index in [0.29, 0.717) is 0 Å². The highest BCUT2D eigenvalue weighted by Crippen LogP contribution is 2.43. The van der Waals surface area contributed by atoms with E-state index in [0.717, 1.165) is 10.6 Å². The molecule has 0 atom stereocenters. The van der Waals surface area contributed by atoms with Gasteiger partial charge in [0.1, 0.15) is 16.6 Å². The minimum atomic E-state index is -4.60. The van der Waals surface area contributed by atoms with Gasteiger partial charge in [-0.1, -0.05) is 46.9 Å². The summed E-state index contributed by atoms with van der Waals surface area (Å²) >= 11 is 18.1. The average molecular weight is 368 g/mol. The third-order valence-electron chi connectivity index (χ3n) is 2.90. The minimum Gasteiger partial charge on any atom is -0.198 e. The van der Waals surface area contributed by atoms with Crippen LogP contribution in [0.15, 0.2) is 24.5 Å². The van der Waals surface area contributed by atoms with Gasteiger partial charge in [-0.15, -0.1) is 0 Å². The van der Waals surface area contributed by atoms with Crippen LogP contribution in [0.2, 0.25) is 15.3 Å². The first-order valence-electron chi connectivity index (χ1n) is 5.71. The zero-order chi connectivity index (χ0) is 16.1. The van der Waals surface area contributed by atoms with Crippen molar-refractivity contribution in [3.8, 4) is 11.1 Å². The van der Waals surface area contributed by atoms with Gasteiger partial charge in [0.25, 0.3) is 5.78 Å². The number of alkyl halides is 3. The van der Waals surface area contributed by atoms with Crippen LogP contribution in [0.3, 0.4) is 0 Å². The summed E-state index contributed by atoms with van der Waals surface area (Å²) in [4.78, 5) is 7.75. The molecule has 0 saturated heterocycles. The first-order valence-corrected chi connectivity index (χ1v) is 6.85. The first-order chi connectivity index (χ1) is 10.3. The number of rotatable bonds is 1. The number of hydrogen-bond donors (Lipinski definition) is 0. The topological polar surface area (TPSA) is 43.1 Å². The van der Waals surface area contributed by atoms with Crippen LogP contribution in [0.25, 0.3) is 16.9 Å². The fourth-order valence-corrected chi connectivity index (χ4v) is 2.90. The lowest BCUT2D eigenvalue weighted by molar-refractivity contribution is -0.137. The smallest absolute Gasteiger partial charge is 0.198 e. The molecule has 0 aliphatic carbocycles. The van der Waals surface area contributed by atoms with E-state index in [-0.39, 0.29) is 27.2 Å². The Labute approximate surface area is 136 Å². The lowest BCUT2D eigenvalue weighted by Gasteiger charge is -2.14. The minimum absolute atomic E-state index is 0.0105. The van der Waals surface area contributed by atoms with Gasteiger partial charge < -0.3 is 0 Å². The summed E-state index contributed by atoms with van der Waals surface area (Å²) in [6, 6.07) is 3.45. The van der Waals surface area contributed by atoms with E-state index >= 15 is 0 Å². The molecule has 0 aliphatic heterocycles. The van der Waals surface area contributed by atoms with Gasteiger partial charge in [0, 0.05) is 5.56 Å². The highest BCUT2D eigenvalue weighted by atomic mass is 35.5. The second kappa shape index (κ2) is 5.26. The predicted molar refractivity (Wildman–Crippen MR) is 76.2 cm³/mol. The molecule has 2 heterocycles. The van der Waals surface area contributed by atoms with Crippen molar-refractivity contribution in [2.45, 2.75) is 6.18 Å². The van der Waals surface area contributed by atoms with E-state index in [9.17, 15) is 13.2 Å². The molecule has 0 spiro atoms. The summed E-state index contributed by atoms with van der Waals surface area (Å²) in [7, 11) is 0. The molecule has 22 heavy (non-hydrogen) atoms. The van der Waals surface area contributed by atoms with Crippen LogP contribution in [0, 0.1) is 0 Å². The van der Waals surface area contributed by atoms with Crippen molar-refractivity contribution in [2.24, 2.45) is 0 Å². The highest BCUT2D eigenvalue weighted by Gasteiger charge is 2.34. The maximum atomic E-state index is 13.0. The Morgan fingerprint density at radius 3 is 2.50 bits per heavy atom. The number of halogens is 6. The van der Waals surface area contributed by atoms with Crippen LogP contribution in [-0.4, -0.2) is 19.6 Å². The maximum Gasteiger partial charge on any atom is 0.417 e. The van der Waals surface area contributed by atoms with Crippen molar-refractivity contribution < 1.29 is 13.2 Å².